The van der Waals surface area contributed by atoms with Gasteiger partial charge in [-0.1, -0.05) is 0 Å². The summed E-state index contributed by atoms with van der Waals surface area (Å²) in [5.41, 5.74) is 0.607. The van der Waals surface area contributed by atoms with E-state index in [-0.39, 0.29) is 30.7 Å². The quantitative estimate of drug-likeness (QED) is 0.550. The molecule has 1 aromatic rings. The largest absolute Gasteiger partial charge is 0.492 e. The summed E-state index contributed by atoms with van der Waals surface area (Å²) < 4.78 is 10.5. The highest BCUT2D eigenvalue weighted by molar-refractivity contribution is 6.21. The molecule has 0 aromatic heterocycles. The Hall–Kier alpha value is -2.45. The highest BCUT2D eigenvalue weighted by atomic mass is 16.5. The van der Waals surface area contributed by atoms with Gasteiger partial charge in [-0.25, -0.2) is 0 Å². The van der Waals surface area contributed by atoms with Crippen LogP contribution in [0.5, 0.6) is 5.75 Å². The zero-order chi connectivity index (χ0) is 18.7. The zero-order valence-electron chi connectivity index (χ0n) is 14.6. The highest BCUT2D eigenvalue weighted by Crippen LogP contribution is 2.27. The van der Waals surface area contributed by atoms with Gasteiger partial charge < -0.3 is 14.6 Å². The van der Waals surface area contributed by atoms with Crippen LogP contribution >= 0.6 is 0 Å². The van der Waals surface area contributed by atoms with E-state index in [1.165, 1.54) is 7.11 Å². The number of likely N-dealkylation sites (tertiary alicyclic amines) is 1. The number of rotatable bonds is 7. The summed E-state index contributed by atoms with van der Waals surface area (Å²) in [7, 11) is 1.39. The van der Waals surface area contributed by atoms with Gasteiger partial charge in [-0.2, -0.15) is 0 Å². The fourth-order valence-electron chi connectivity index (χ4n) is 3.44. The van der Waals surface area contributed by atoms with Crippen LogP contribution in [0.2, 0.25) is 0 Å². The van der Waals surface area contributed by atoms with Crippen LogP contribution in [0, 0.1) is 0 Å². The lowest BCUT2D eigenvalue weighted by Gasteiger charge is -2.22. The Balaban J connectivity index is 1.60. The van der Waals surface area contributed by atoms with Crippen LogP contribution in [0.15, 0.2) is 18.2 Å². The van der Waals surface area contributed by atoms with Crippen LogP contribution in [0.25, 0.3) is 0 Å². The molecule has 1 aromatic carbocycles. The maximum Gasteiger partial charge on any atom is 0.323 e. The van der Waals surface area contributed by atoms with Crippen molar-refractivity contribution >= 4 is 17.8 Å². The molecule has 2 heterocycles. The fourth-order valence-corrected chi connectivity index (χ4v) is 3.44. The molecule has 0 bridgehead atoms. The van der Waals surface area contributed by atoms with Crippen molar-refractivity contribution in [2.75, 3.05) is 40.0 Å². The minimum absolute atomic E-state index is 0.0214. The molecule has 2 aliphatic heterocycles. The summed E-state index contributed by atoms with van der Waals surface area (Å²) in [5, 5.41) is 8.99. The van der Waals surface area contributed by atoms with Gasteiger partial charge in [0.05, 0.1) is 31.4 Å². The maximum atomic E-state index is 12.3. The monoisotopic (exact) mass is 362 g/mol. The minimum Gasteiger partial charge on any atom is -0.492 e. The average molecular weight is 362 g/mol. The third-order valence-electron chi connectivity index (χ3n) is 4.75. The Morgan fingerprint density at radius 1 is 1.23 bits per heavy atom. The predicted octanol–water partition coefficient (Wildman–Crippen LogP) is 0.291. The molecule has 1 unspecified atom stereocenters. The standard InChI is InChI=1S/C18H22N2O6/c1-25-18(24)15-3-2-6-19(15)8-10-26-12-4-5-13-14(11-12)17(23)20(7-9-21)16(13)22/h4-5,11,15,21H,2-3,6-10H2,1H3. The Morgan fingerprint density at radius 3 is 2.73 bits per heavy atom. The van der Waals surface area contributed by atoms with Crippen molar-refractivity contribution in [3.63, 3.8) is 0 Å². The van der Waals surface area contributed by atoms with Crippen molar-refractivity contribution in [1.29, 1.82) is 0 Å². The van der Waals surface area contributed by atoms with Gasteiger partial charge >= 0.3 is 5.97 Å². The molecule has 1 fully saturated rings. The normalized spacial score (nSPS) is 19.8. The van der Waals surface area contributed by atoms with Gasteiger partial charge in [-0.3, -0.25) is 24.2 Å². The van der Waals surface area contributed by atoms with Crippen molar-refractivity contribution in [2.24, 2.45) is 0 Å². The number of hydrogen-bond donors (Lipinski definition) is 1. The van der Waals surface area contributed by atoms with E-state index in [9.17, 15) is 14.4 Å². The lowest BCUT2D eigenvalue weighted by Crippen LogP contribution is -2.39. The van der Waals surface area contributed by atoms with Crippen LogP contribution < -0.4 is 4.74 Å². The van der Waals surface area contributed by atoms with Crippen LogP contribution in [0.3, 0.4) is 0 Å². The van der Waals surface area contributed by atoms with Gasteiger partial charge in [0.25, 0.3) is 11.8 Å². The number of carbonyl (C=O) groups excluding carboxylic acids is 3. The summed E-state index contributed by atoms with van der Waals surface area (Å²) in [6.45, 7) is 1.45. The molecule has 8 nitrogen and oxygen atoms in total. The summed E-state index contributed by atoms with van der Waals surface area (Å²) in [5.74, 6) is -0.559. The van der Waals surface area contributed by atoms with Gasteiger partial charge in [0, 0.05) is 6.54 Å². The molecule has 3 rings (SSSR count). The molecule has 1 N–H and O–H groups in total. The third-order valence-corrected chi connectivity index (χ3v) is 4.75. The first-order chi connectivity index (χ1) is 12.6. The second-order valence-electron chi connectivity index (χ2n) is 6.26. The van der Waals surface area contributed by atoms with E-state index in [1.54, 1.807) is 18.2 Å². The Morgan fingerprint density at radius 2 is 2.00 bits per heavy atom. The zero-order valence-corrected chi connectivity index (χ0v) is 14.6. The van der Waals surface area contributed by atoms with Gasteiger partial charge in [0.2, 0.25) is 0 Å². The van der Waals surface area contributed by atoms with Crippen molar-refractivity contribution in [2.45, 2.75) is 18.9 Å². The number of β-amino-alcohol motifs (C(OH)–C–C–N with tert-alkyl or cyclic N) is 1. The summed E-state index contributed by atoms with van der Waals surface area (Å²) in [6.07, 6.45) is 1.72. The molecule has 2 aliphatic rings. The van der Waals surface area contributed by atoms with Crippen molar-refractivity contribution in [3.05, 3.63) is 29.3 Å². The third kappa shape index (κ3) is 3.42. The SMILES string of the molecule is COC(=O)C1CCCN1CCOc1ccc2c(c1)C(=O)N(CCO)C2=O. The van der Waals surface area contributed by atoms with E-state index in [0.29, 0.717) is 24.5 Å². The van der Waals surface area contributed by atoms with Crippen LogP contribution in [0.1, 0.15) is 33.6 Å². The minimum atomic E-state index is -0.421. The summed E-state index contributed by atoms with van der Waals surface area (Å²) in [6, 6.07) is 4.54. The summed E-state index contributed by atoms with van der Waals surface area (Å²) in [4.78, 5) is 39.2. The topological polar surface area (TPSA) is 96.4 Å². The molecule has 2 amide bonds. The maximum absolute atomic E-state index is 12.3. The van der Waals surface area contributed by atoms with Crippen molar-refractivity contribution in [1.82, 2.24) is 9.80 Å². The number of ether oxygens (including phenoxy) is 2. The first-order valence-electron chi connectivity index (χ1n) is 8.62. The number of amides is 2. The molecule has 1 saturated heterocycles. The van der Waals surface area contributed by atoms with Crippen LogP contribution in [-0.4, -0.2) is 78.7 Å². The van der Waals surface area contributed by atoms with E-state index in [1.807, 2.05) is 4.90 Å². The van der Waals surface area contributed by atoms with E-state index in [0.717, 1.165) is 24.3 Å². The first kappa shape index (κ1) is 18.3. The number of aliphatic hydroxyl groups excluding tert-OH is 1. The smallest absolute Gasteiger partial charge is 0.323 e. The Bertz CT molecular complexity index is 720. The second-order valence-corrected chi connectivity index (χ2v) is 6.26. The lowest BCUT2D eigenvalue weighted by molar-refractivity contribution is -0.145. The number of carbonyl (C=O) groups is 3. The van der Waals surface area contributed by atoms with Crippen molar-refractivity contribution in [3.8, 4) is 5.75 Å². The van der Waals surface area contributed by atoms with Gasteiger partial charge in [0.15, 0.2) is 0 Å². The molecule has 1 atom stereocenters. The van der Waals surface area contributed by atoms with E-state index in [2.05, 4.69) is 0 Å². The summed E-state index contributed by atoms with van der Waals surface area (Å²) >= 11 is 0. The molecule has 26 heavy (non-hydrogen) atoms. The predicted molar refractivity (Wildman–Crippen MR) is 91.0 cm³/mol. The molecule has 0 spiro atoms. The Kier molecular flexibility index (Phi) is 5.53. The van der Waals surface area contributed by atoms with E-state index >= 15 is 0 Å². The molecule has 0 aliphatic carbocycles. The number of methoxy groups -OCH3 is 1. The van der Waals surface area contributed by atoms with E-state index in [4.69, 9.17) is 14.6 Å². The van der Waals surface area contributed by atoms with Crippen LogP contribution in [-0.2, 0) is 9.53 Å². The number of imide groups is 1. The molecule has 8 heteroatoms. The van der Waals surface area contributed by atoms with E-state index < -0.39 is 11.8 Å². The fraction of sp³-hybridized carbons (Fsp3) is 0.500. The number of esters is 1. The number of aliphatic hydroxyl groups is 1. The Labute approximate surface area is 151 Å². The molecular formula is C18H22N2O6. The number of nitrogens with zero attached hydrogens (tertiary/aromatic N) is 2. The molecule has 0 radical (unpaired) electrons. The first-order valence-corrected chi connectivity index (χ1v) is 8.62. The van der Waals surface area contributed by atoms with Crippen molar-refractivity contribution < 1.29 is 29.0 Å². The number of benzene rings is 1. The van der Waals surface area contributed by atoms with Gasteiger partial charge in [0.1, 0.15) is 18.4 Å². The molecular weight excluding hydrogens is 340 g/mol. The van der Waals surface area contributed by atoms with Gasteiger partial charge in [-0.05, 0) is 37.6 Å². The van der Waals surface area contributed by atoms with Gasteiger partial charge in [-0.15, -0.1) is 0 Å². The lowest BCUT2D eigenvalue weighted by atomic mass is 10.1. The average Bonchev–Trinajstić information content (AvgIpc) is 3.20. The van der Waals surface area contributed by atoms with Crippen LogP contribution in [0.4, 0.5) is 0 Å². The second kappa shape index (κ2) is 7.84. The number of hydrogen-bond acceptors (Lipinski definition) is 7. The number of fused-ring (bicyclic) bond motifs is 1. The molecule has 140 valence electrons. The molecule has 0 saturated carbocycles. The highest BCUT2D eigenvalue weighted by Gasteiger charge is 2.35.